The molecule has 0 amide bonds. The minimum absolute atomic E-state index is 0.169. The number of hydrogen-bond donors (Lipinski definition) is 1. The van der Waals surface area contributed by atoms with Crippen molar-refractivity contribution in [1.82, 2.24) is 24.7 Å². The van der Waals surface area contributed by atoms with Gasteiger partial charge in [-0.05, 0) is 0 Å². The van der Waals surface area contributed by atoms with Crippen LogP contribution in [-0.2, 0) is 4.79 Å². The fourth-order valence-electron chi connectivity index (χ4n) is 1.40. The van der Waals surface area contributed by atoms with Crippen molar-refractivity contribution >= 4 is 11.9 Å². The minimum atomic E-state index is -5.95. The molecule has 0 spiro atoms. The topological polar surface area (TPSA) is 109 Å². The van der Waals surface area contributed by atoms with Crippen molar-refractivity contribution in [1.29, 1.82) is 0 Å². The van der Waals surface area contributed by atoms with Crippen molar-refractivity contribution in [3.05, 3.63) is 18.7 Å². The lowest BCUT2D eigenvalue weighted by Gasteiger charge is -2.20. The van der Waals surface area contributed by atoms with Gasteiger partial charge in [0.2, 0.25) is 11.8 Å². The molecular formula is C10H6F6N6O2. The number of anilines is 1. The Labute approximate surface area is 128 Å². The molecule has 8 nitrogen and oxygen atoms in total. The monoisotopic (exact) mass is 356 g/mol. The summed E-state index contributed by atoms with van der Waals surface area (Å²) >= 11 is 0. The molecule has 24 heavy (non-hydrogen) atoms. The molecule has 0 fully saturated rings. The molecule has 14 heteroatoms. The van der Waals surface area contributed by atoms with Gasteiger partial charge in [-0.3, -0.25) is 0 Å². The summed E-state index contributed by atoms with van der Waals surface area (Å²) in [5.74, 6) is -9.45. The van der Waals surface area contributed by atoms with Gasteiger partial charge in [-0.1, -0.05) is 0 Å². The van der Waals surface area contributed by atoms with E-state index in [1.165, 1.54) is 0 Å². The zero-order valence-corrected chi connectivity index (χ0v) is 11.2. The van der Waals surface area contributed by atoms with Crippen LogP contribution < -0.4 is 10.5 Å². The van der Waals surface area contributed by atoms with E-state index in [9.17, 15) is 31.1 Å². The quantitative estimate of drug-likeness (QED) is 0.645. The number of carbonyl (C=O) groups excluding carboxylic acids is 1. The smallest absolute Gasteiger partial charge is 0.403 e. The first-order valence-corrected chi connectivity index (χ1v) is 5.82. The van der Waals surface area contributed by atoms with Crippen molar-refractivity contribution in [2.24, 2.45) is 0 Å². The number of halogens is 6. The van der Waals surface area contributed by atoms with Gasteiger partial charge >= 0.3 is 18.1 Å². The molecule has 0 aromatic carbocycles. The molecule has 130 valence electrons. The first-order chi connectivity index (χ1) is 11.0. The van der Waals surface area contributed by atoms with E-state index in [1.54, 1.807) is 0 Å². The van der Waals surface area contributed by atoms with E-state index in [4.69, 9.17) is 5.73 Å². The average Bonchev–Trinajstić information content (AvgIpc) is 2.92. The predicted octanol–water partition coefficient (Wildman–Crippen LogP) is 1.08. The van der Waals surface area contributed by atoms with E-state index in [-0.39, 0.29) is 11.8 Å². The molecule has 2 N–H and O–H groups in total. The summed E-state index contributed by atoms with van der Waals surface area (Å²) in [5.41, 5.74) is 5.41. The molecule has 0 bridgehead atoms. The largest absolute Gasteiger partial charge is 0.426 e. The van der Waals surface area contributed by atoms with E-state index in [1.807, 2.05) is 0 Å². The maximum atomic E-state index is 13.2. The Kier molecular flexibility index (Phi) is 4.31. The van der Waals surface area contributed by atoms with Gasteiger partial charge in [0.05, 0.1) is 0 Å². The summed E-state index contributed by atoms with van der Waals surface area (Å²) in [6.07, 6.45) is -8.93. The van der Waals surface area contributed by atoms with Gasteiger partial charge in [0.25, 0.3) is 6.17 Å². The number of carbonyl (C=O) groups is 1. The van der Waals surface area contributed by atoms with Crippen molar-refractivity contribution in [2.45, 2.75) is 18.3 Å². The number of aromatic nitrogens is 5. The van der Waals surface area contributed by atoms with E-state index < -0.39 is 30.1 Å². The van der Waals surface area contributed by atoms with Gasteiger partial charge in [-0.25, -0.2) is 19.2 Å². The summed E-state index contributed by atoms with van der Waals surface area (Å²) in [7, 11) is 0. The number of ether oxygens (including phenoxy) is 1. The zero-order chi connectivity index (χ0) is 18.1. The highest BCUT2D eigenvalue weighted by molar-refractivity contribution is 5.80. The predicted molar refractivity (Wildman–Crippen MR) is 62.9 cm³/mol. The average molecular weight is 356 g/mol. The lowest BCUT2D eigenvalue weighted by Crippen LogP contribution is -2.49. The van der Waals surface area contributed by atoms with Crippen LogP contribution in [0.5, 0.6) is 5.88 Å². The van der Waals surface area contributed by atoms with Crippen LogP contribution in [-0.4, -0.2) is 49.0 Å². The number of nitrogens with zero attached hydrogens (tertiary/aromatic N) is 5. The molecule has 0 aliphatic rings. The van der Waals surface area contributed by atoms with Crippen LogP contribution in [0, 0.1) is 0 Å². The molecule has 2 aromatic heterocycles. The maximum Gasteiger partial charge on any atom is 0.426 e. The van der Waals surface area contributed by atoms with Gasteiger partial charge in [0.15, 0.2) is 5.82 Å². The number of rotatable bonds is 4. The standard InChI is InChI=1S/C10H6F6N6O2/c11-6(10(14,15)16)9(12,13)7(23)24-5-1-4(18-2-19-5)22-8(17)20-3-21-22/h1-3,6H,(H2,17,20,21). The van der Waals surface area contributed by atoms with Crippen molar-refractivity contribution < 1.29 is 35.9 Å². The number of esters is 1. The Morgan fingerprint density at radius 2 is 1.83 bits per heavy atom. The lowest BCUT2D eigenvalue weighted by molar-refractivity contribution is -0.246. The Morgan fingerprint density at radius 3 is 2.38 bits per heavy atom. The molecular weight excluding hydrogens is 350 g/mol. The molecule has 0 saturated carbocycles. The summed E-state index contributed by atoms with van der Waals surface area (Å²) in [4.78, 5) is 21.6. The van der Waals surface area contributed by atoms with Crippen LogP contribution in [0.25, 0.3) is 5.82 Å². The minimum Gasteiger partial charge on any atom is -0.403 e. The third kappa shape index (κ3) is 3.36. The Hall–Kier alpha value is -2.93. The summed E-state index contributed by atoms with van der Waals surface area (Å²) in [6, 6.07) is 0.764. The van der Waals surface area contributed by atoms with Crippen molar-refractivity contribution in [3.63, 3.8) is 0 Å². The second-order valence-corrected chi connectivity index (χ2v) is 4.16. The molecule has 0 saturated heterocycles. The number of nitrogen functional groups attached to an aromatic ring is 1. The van der Waals surface area contributed by atoms with E-state index in [0.717, 1.165) is 23.4 Å². The maximum absolute atomic E-state index is 13.2. The highest BCUT2D eigenvalue weighted by Gasteiger charge is 2.62. The Balaban J connectivity index is 2.22. The van der Waals surface area contributed by atoms with Crippen LogP contribution >= 0.6 is 0 Å². The van der Waals surface area contributed by atoms with E-state index in [2.05, 4.69) is 24.8 Å². The molecule has 1 unspecified atom stereocenters. The molecule has 0 radical (unpaired) electrons. The number of alkyl halides is 6. The number of hydrogen-bond acceptors (Lipinski definition) is 7. The lowest BCUT2D eigenvalue weighted by atomic mass is 10.2. The normalized spacial score (nSPS) is 13.6. The Morgan fingerprint density at radius 1 is 1.17 bits per heavy atom. The van der Waals surface area contributed by atoms with Crippen molar-refractivity contribution in [3.8, 4) is 11.7 Å². The fourth-order valence-corrected chi connectivity index (χ4v) is 1.40. The summed E-state index contributed by atoms with van der Waals surface area (Å²) in [5, 5.41) is 3.61. The number of nitrogens with two attached hydrogens (primary N) is 1. The van der Waals surface area contributed by atoms with E-state index >= 15 is 0 Å². The van der Waals surface area contributed by atoms with Gasteiger partial charge in [0.1, 0.15) is 12.7 Å². The molecule has 0 aliphatic carbocycles. The van der Waals surface area contributed by atoms with E-state index in [0.29, 0.717) is 0 Å². The molecule has 0 aliphatic heterocycles. The van der Waals surface area contributed by atoms with Crippen molar-refractivity contribution in [2.75, 3.05) is 5.73 Å². The molecule has 2 heterocycles. The first-order valence-electron chi connectivity index (χ1n) is 5.82. The van der Waals surface area contributed by atoms with Gasteiger partial charge in [-0.2, -0.15) is 36.7 Å². The summed E-state index contributed by atoms with van der Waals surface area (Å²) in [6.45, 7) is 0. The van der Waals surface area contributed by atoms with Crippen LogP contribution in [0.15, 0.2) is 18.7 Å². The fraction of sp³-hybridized carbons (Fsp3) is 0.300. The molecule has 1 atom stereocenters. The van der Waals surface area contributed by atoms with Crippen LogP contribution in [0.2, 0.25) is 0 Å². The summed E-state index contributed by atoms with van der Waals surface area (Å²) < 4.78 is 80.0. The van der Waals surface area contributed by atoms with Crippen LogP contribution in [0.4, 0.5) is 32.3 Å². The van der Waals surface area contributed by atoms with Crippen LogP contribution in [0.3, 0.4) is 0 Å². The van der Waals surface area contributed by atoms with Gasteiger partial charge in [0, 0.05) is 6.07 Å². The SMILES string of the molecule is Nc1ncnn1-c1cc(OC(=O)C(F)(F)C(F)C(F)(F)F)ncn1. The molecule has 2 aromatic rings. The van der Waals surface area contributed by atoms with Gasteiger partial charge in [-0.15, -0.1) is 0 Å². The highest BCUT2D eigenvalue weighted by Crippen LogP contribution is 2.35. The first kappa shape index (κ1) is 17.4. The third-order valence-electron chi connectivity index (χ3n) is 2.49. The third-order valence-corrected chi connectivity index (χ3v) is 2.49. The highest BCUT2D eigenvalue weighted by atomic mass is 19.4. The molecule has 2 rings (SSSR count). The second-order valence-electron chi connectivity index (χ2n) is 4.16. The second kappa shape index (κ2) is 5.93. The van der Waals surface area contributed by atoms with Crippen LogP contribution in [0.1, 0.15) is 0 Å². The Bertz CT molecular complexity index is 747. The van der Waals surface area contributed by atoms with Gasteiger partial charge < -0.3 is 10.5 Å². The zero-order valence-electron chi connectivity index (χ0n) is 11.2.